The quantitative estimate of drug-likeness (QED) is 0.494. The zero-order valence-corrected chi connectivity index (χ0v) is 5.88. The molecule has 0 atom stereocenters. The Balaban J connectivity index is 2.06. The second-order valence-corrected chi connectivity index (χ2v) is 2.65. The Kier molecular flexibility index (Phi) is 1.47. The molecule has 1 fully saturated rings. The van der Waals surface area contributed by atoms with Crippen molar-refractivity contribution >= 4 is 6.21 Å². The molecule has 3 heteroatoms. The van der Waals surface area contributed by atoms with Gasteiger partial charge in [0, 0.05) is 25.6 Å². The Labute approximate surface area is 60.0 Å². The van der Waals surface area contributed by atoms with E-state index >= 15 is 0 Å². The molecule has 0 amide bonds. The Morgan fingerprint density at radius 1 is 1.30 bits per heavy atom. The van der Waals surface area contributed by atoms with Gasteiger partial charge in [0.15, 0.2) is 5.79 Å². The smallest absolute Gasteiger partial charge is 0.175 e. The molecule has 0 aromatic rings. The minimum atomic E-state index is -0.276. The van der Waals surface area contributed by atoms with Crippen LogP contribution in [0.25, 0.3) is 0 Å². The van der Waals surface area contributed by atoms with Crippen LogP contribution in [0.3, 0.4) is 0 Å². The lowest BCUT2D eigenvalue weighted by Crippen LogP contribution is -2.33. The summed E-state index contributed by atoms with van der Waals surface area (Å²) < 4.78 is 10.9. The normalized spacial score (nSPS) is 29.6. The second kappa shape index (κ2) is 2.32. The Morgan fingerprint density at radius 3 is 2.70 bits per heavy atom. The number of nitrogens with zero attached hydrogens (tertiary/aromatic N) is 1. The van der Waals surface area contributed by atoms with Crippen LogP contribution < -0.4 is 0 Å². The molecule has 2 aliphatic heterocycles. The fourth-order valence-electron chi connectivity index (χ4n) is 1.39. The van der Waals surface area contributed by atoms with Crippen molar-refractivity contribution < 1.29 is 9.47 Å². The van der Waals surface area contributed by atoms with Gasteiger partial charge in [0.1, 0.15) is 0 Å². The lowest BCUT2D eigenvalue weighted by atomic mass is 10.1. The van der Waals surface area contributed by atoms with Gasteiger partial charge in [-0.2, -0.15) is 0 Å². The molecule has 2 aliphatic rings. The largest absolute Gasteiger partial charge is 0.347 e. The lowest BCUT2D eigenvalue weighted by molar-refractivity contribution is -0.155. The van der Waals surface area contributed by atoms with Crippen molar-refractivity contribution in [3.8, 4) is 0 Å². The summed E-state index contributed by atoms with van der Waals surface area (Å²) in [6.07, 6.45) is 3.64. The first-order valence-corrected chi connectivity index (χ1v) is 3.68. The number of aliphatic imine (C=N–C) groups is 1. The second-order valence-electron chi connectivity index (χ2n) is 2.65. The van der Waals surface area contributed by atoms with E-state index in [1.807, 2.05) is 6.21 Å². The Morgan fingerprint density at radius 2 is 2.10 bits per heavy atom. The minimum absolute atomic E-state index is 0.276. The van der Waals surface area contributed by atoms with Crippen molar-refractivity contribution in [3.63, 3.8) is 0 Å². The van der Waals surface area contributed by atoms with E-state index in [1.165, 1.54) is 0 Å². The van der Waals surface area contributed by atoms with Crippen LogP contribution in [-0.2, 0) is 9.47 Å². The van der Waals surface area contributed by atoms with Crippen LogP contribution in [0, 0.1) is 0 Å². The summed E-state index contributed by atoms with van der Waals surface area (Å²) in [7, 11) is 0. The molecule has 0 saturated carbocycles. The van der Waals surface area contributed by atoms with E-state index in [4.69, 9.17) is 9.47 Å². The molecular formula is C7H11NO2. The molecule has 1 saturated heterocycles. The van der Waals surface area contributed by atoms with Crippen LogP contribution in [0.2, 0.25) is 0 Å². The highest BCUT2D eigenvalue weighted by atomic mass is 16.7. The molecule has 0 bridgehead atoms. The fourth-order valence-corrected chi connectivity index (χ4v) is 1.39. The van der Waals surface area contributed by atoms with Gasteiger partial charge < -0.3 is 9.47 Å². The summed E-state index contributed by atoms with van der Waals surface area (Å²) in [5.41, 5.74) is 0. The highest BCUT2D eigenvalue weighted by Crippen LogP contribution is 2.28. The summed E-state index contributed by atoms with van der Waals surface area (Å²) >= 11 is 0. The molecule has 0 aromatic heterocycles. The van der Waals surface area contributed by atoms with E-state index in [1.54, 1.807) is 0 Å². The summed E-state index contributed by atoms with van der Waals surface area (Å²) in [5, 5.41) is 0. The Bertz CT molecular complexity index is 150. The van der Waals surface area contributed by atoms with E-state index < -0.39 is 0 Å². The molecule has 2 heterocycles. The predicted molar refractivity (Wildman–Crippen MR) is 37.2 cm³/mol. The standard InChI is InChI=1S/C7H11NO2/c1-3-8-4-2-7(1)9-5-6-10-7/h3H,1-2,4-6H2. The highest BCUT2D eigenvalue weighted by Gasteiger charge is 2.36. The third kappa shape index (κ3) is 0.954. The van der Waals surface area contributed by atoms with Crippen molar-refractivity contribution in [1.82, 2.24) is 0 Å². The van der Waals surface area contributed by atoms with Crippen LogP contribution in [0.15, 0.2) is 4.99 Å². The van der Waals surface area contributed by atoms with Crippen LogP contribution in [0.4, 0.5) is 0 Å². The van der Waals surface area contributed by atoms with Gasteiger partial charge in [-0.15, -0.1) is 0 Å². The summed E-state index contributed by atoms with van der Waals surface area (Å²) in [6, 6.07) is 0. The van der Waals surface area contributed by atoms with E-state index in [0.29, 0.717) is 0 Å². The van der Waals surface area contributed by atoms with Crippen molar-refractivity contribution in [1.29, 1.82) is 0 Å². The van der Waals surface area contributed by atoms with Crippen molar-refractivity contribution in [2.24, 2.45) is 4.99 Å². The van der Waals surface area contributed by atoms with Gasteiger partial charge >= 0.3 is 0 Å². The van der Waals surface area contributed by atoms with Crippen LogP contribution in [-0.4, -0.2) is 31.8 Å². The Hall–Kier alpha value is -0.410. The number of hydrogen-bond donors (Lipinski definition) is 0. The topological polar surface area (TPSA) is 30.8 Å². The van der Waals surface area contributed by atoms with Crippen LogP contribution in [0.5, 0.6) is 0 Å². The minimum Gasteiger partial charge on any atom is -0.347 e. The molecule has 56 valence electrons. The first-order valence-electron chi connectivity index (χ1n) is 3.68. The molecule has 2 rings (SSSR count). The van der Waals surface area contributed by atoms with E-state index in [-0.39, 0.29) is 5.79 Å². The molecule has 0 unspecified atom stereocenters. The SMILES string of the molecule is C1=NCCC2(C1)OCCO2. The van der Waals surface area contributed by atoms with Gasteiger partial charge in [-0.25, -0.2) is 0 Å². The molecule has 1 spiro atoms. The molecule has 0 aromatic carbocycles. The summed E-state index contributed by atoms with van der Waals surface area (Å²) in [4.78, 5) is 4.11. The average molecular weight is 141 g/mol. The zero-order chi connectivity index (χ0) is 6.86. The monoisotopic (exact) mass is 141 g/mol. The molecular weight excluding hydrogens is 130 g/mol. The fraction of sp³-hybridized carbons (Fsp3) is 0.857. The summed E-state index contributed by atoms with van der Waals surface area (Å²) in [5.74, 6) is -0.276. The predicted octanol–water partition coefficient (Wildman–Crippen LogP) is 0.594. The maximum atomic E-state index is 5.47. The maximum Gasteiger partial charge on any atom is 0.175 e. The van der Waals surface area contributed by atoms with E-state index in [0.717, 1.165) is 32.6 Å². The van der Waals surface area contributed by atoms with Gasteiger partial charge in [-0.05, 0) is 0 Å². The molecule has 0 aliphatic carbocycles. The van der Waals surface area contributed by atoms with Crippen LogP contribution >= 0.6 is 0 Å². The van der Waals surface area contributed by atoms with Gasteiger partial charge in [0.2, 0.25) is 0 Å². The van der Waals surface area contributed by atoms with Gasteiger partial charge in [-0.1, -0.05) is 0 Å². The lowest BCUT2D eigenvalue weighted by Gasteiger charge is -2.27. The van der Waals surface area contributed by atoms with Crippen LogP contribution in [0.1, 0.15) is 12.8 Å². The molecule has 10 heavy (non-hydrogen) atoms. The van der Waals surface area contributed by atoms with Crippen molar-refractivity contribution in [3.05, 3.63) is 0 Å². The summed E-state index contributed by atoms with van der Waals surface area (Å²) in [6.45, 7) is 2.34. The van der Waals surface area contributed by atoms with Crippen molar-refractivity contribution in [2.75, 3.05) is 19.8 Å². The number of rotatable bonds is 0. The third-order valence-corrected chi connectivity index (χ3v) is 1.97. The van der Waals surface area contributed by atoms with E-state index in [2.05, 4.69) is 4.99 Å². The third-order valence-electron chi connectivity index (χ3n) is 1.97. The van der Waals surface area contributed by atoms with Crippen molar-refractivity contribution in [2.45, 2.75) is 18.6 Å². The van der Waals surface area contributed by atoms with Gasteiger partial charge in [-0.3, -0.25) is 4.99 Å². The van der Waals surface area contributed by atoms with Gasteiger partial charge in [0.25, 0.3) is 0 Å². The first kappa shape index (κ1) is 6.31. The number of ether oxygens (including phenoxy) is 2. The average Bonchev–Trinajstić information content (AvgIpc) is 2.39. The number of hydrogen-bond acceptors (Lipinski definition) is 3. The first-order chi connectivity index (χ1) is 4.91. The zero-order valence-electron chi connectivity index (χ0n) is 5.88. The molecule has 0 N–H and O–H groups in total. The molecule has 3 nitrogen and oxygen atoms in total. The van der Waals surface area contributed by atoms with Gasteiger partial charge in [0.05, 0.1) is 13.2 Å². The maximum absolute atomic E-state index is 5.47. The highest BCUT2D eigenvalue weighted by molar-refractivity contribution is 5.59. The van der Waals surface area contributed by atoms with E-state index in [9.17, 15) is 0 Å². The molecule has 0 radical (unpaired) electrons.